The van der Waals surface area contributed by atoms with Crippen molar-refractivity contribution in [2.75, 3.05) is 0 Å². The first-order valence-electron chi connectivity index (χ1n) is 7.05. The van der Waals surface area contributed by atoms with Crippen molar-refractivity contribution in [3.8, 4) is 11.1 Å². The molecule has 1 aromatic carbocycles. The lowest BCUT2D eigenvalue weighted by atomic mass is 9.84. The molecule has 1 heterocycles. The summed E-state index contributed by atoms with van der Waals surface area (Å²) in [6.45, 7) is 0. The van der Waals surface area contributed by atoms with Crippen LogP contribution in [0.1, 0.15) is 43.6 Å². The molecule has 3 rings (SSSR count). The van der Waals surface area contributed by atoms with Crippen molar-refractivity contribution in [1.29, 1.82) is 0 Å². The van der Waals surface area contributed by atoms with E-state index in [2.05, 4.69) is 29.2 Å². The Morgan fingerprint density at radius 1 is 0.895 bits per heavy atom. The van der Waals surface area contributed by atoms with Gasteiger partial charge in [-0.1, -0.05) is 55.1 Å². The third-order valence-corrected chi connectivity index (χ3v) is 4.25. The molecule has 1 fully saturated rings. The average Bonchev–Trinajstić information content (AvgIpc) is 2.48. The molecule has 0 amide bonds. The minimum atomic E-state index is 0.550. The molecular weight excluding hydrogens is 254 g/mol. The first kappa shape index (κ1) is 12.7. The molecule has 0 atom stereocenters. The molecule has 0 N–H and O–H groups in total. The molecule has 98 valence electrons. The second kappa shape index (κ2) is 5.75. The van der Waals surface area contributed by atoms with Gasteiger partial charge < -0.3 is 0 Å². The highest BCUT2D eigenvalue weighted by atomic mass is 35.5. The van der Waals surface area contributed by atoms with Gasteiger partial charge in [-0.15, -0.1) is 0 Å². The Balaban J connectivity index is 1.82. The lowest BCUT2D eigenvalue weighted by molar-refractivity contribution is 0.443. The van der Waals surface area contributed by atoms with Crippen molar-refractivity contribution < 1.29 is 0 Å². The molecule has 1 saturated carbocycles. The molecule has 2 aromatic rings. The van der Waals surface area contributed by atoms with Crippen molar-refractivity contribution in [3.63, 3.8) is 0 Å². The zero-order chi connectivity index (χ0) is 13.1. The van der Waals surface area contributed by atoms with Gasteiger partial charge in [-0.2, -0.15) is 0 Å². The van der Waals surface area contributed by atoms with E-state index < -0.39 is 0 Å². The lowest BCUT2D eigenvalue weighted by Crippen LogP contribution is -2.04. The molecule has 2 heteroatoms. The van der Waals surface area contributed by atoms with E-state index in [1.807, 2.05) is 12.1 Å². The summed E-state index contributed by atoms with van der Waals surface area (Å²) in [6, 6.07) is 12.9. The van der Waals surface area contributed by atoms with E-state index in [1.165, 1.54) is 43.2 Å². The van der Waals surface area contributed by atoms with E-state index in [0.29, 0.717) is 5.15 Å². The van der Waals surface area contributed by atoms with Crippen molar-refractivity contribution >= 4 is 11.6 Å². The summed E-state index contributed by atoms with van der Waals surface area (Å²) in [6.07, 6.45) is 8.62. The highest BCUT2D eigenvalue weighted by Gasteiger charge is 2.15. The summed E-state index contributed by atoms with van der Waals surface area (Å²) < 4.78 is 0. The monoisotopic (exact) mass is 271 g/mol. The number of halogens is 1. The van der Waals surface area contributed by atoms with Gasteiger partial charge in [0.15, 0.2) is 0 Å². The van der Waals surface area contributed by atoms with Crippen LogP contribution < -0.4 is 0 Å². The Morgan fingerprint density at radius 3 is 2.32 bits per heavy atom. The standard InChI is InChI=1S/C17H18ClN/c18-17-12-16(10-11-19-17)15-8-6-14(7-9-15)13-4-2-1-3-5-13/h6-13H,1-5H2. The van der Waals surface area contributed by atoms with Gasteiger partial charge in [0.05, 0.1) is 0 Å². The summed E-state index contributed by atoms with van der Waals surface area (Å²) in [5.74, 6) is 0.767. The molecule has 0 saturated heterocycles. The topological polar surface area (TPSA) is 12.9 Å². The van der Waals surface area contributed by atoms with E-state index in [-0.39, 0.29) is 0 Å². The molecule has 19 heavy (non-hydrogen) atoms. The number of hydrogen-bond donors (Lipinski definition) is 0. The highest BCUT2D eigenvalue weighted by molar-refractivity contribution is 6.29. The van der Waals surface area contributed by atoms with E-state index >= 15 is 0 Å². The van der Waals surface area contributed by atoms with Gasteiger partial charge in [0, 0.05) is 6.20 Å². The molecule has 0 radical (unpaired) electrons. The second-order valence-electron chi connectivity index (χ2n) is 5.32. The summed E-state index contributed by atoms with van der Waals surface area (Å²) in [4.78, 5) is 4.02. The van der Waals surface area contributed by atoms with Crippen LogP contribution in [0.3, 0.4) is 0 Å². The van der Waals surface area contributed by atoms with Gasteiger partial charge in [0.25, 0.3) is 0 Å². The van der Waals surface area contributed by atoms with E-state index in [4.69, 9.17) is 11.6 Å². The fourth-order valence-corrected chi connectivity index (χ4v) is 3.14. The summed E-state index contributed by atoms with van der Waals surface area (Å²) >= 11 is 5.94. The minimum absolute atomic E-state index is 0.550. The van der Waals surface area contributed by atoms with Crippen molar-refractivity contribution in [2.45, 2.75) is 38.0 Å². The molecule has 0 aliphatic heterocycles. The largest absolute Gasteiger partial charge is 0.245 e. The van der Waals surface area contributed by atoms with Gasteiger partial charge >= 0.3 is 0 Å². The number of pyridine rings is 1. The predicted molar refractivity (Wildman–Crippen MR) is 80.5 cm³/mol. The first-order valence-corrected chi connectivity index (χ1v) is 7.42. The van der Waals surface area contributed by atoms with Crippen LogP contribution in [-0.4, -0.2) is 4.98 Å². The zero-order valence-electron chi connectivity index (χ0n) is 11.0. The maximum Gasteiger partial charge on any atom is 0.129 e. The van der Waals surface area contributed by atoms with Crippen LogP contribution in [0, 0.1) is 0 Å². The van der Waals surface area contributed by atoms with Gasteiger partial charge in [0.1, 0.15) is 5.15 Å². The smallest absolute Gasteiger partial charge is 0.129 e. The van der Waals surface area contributed by atoms with Crippen molar-refractivity contribution in [2.24, 2.45) is 0 Å². The molecule has 0 bridgehead atoms. The third kappa shape index (κ3) is 2.98. The van der Waals surface area contributed by atoms with Crippen LogP contribution in [0.4, 0.5) is 0 Å². The van der Waals surface area contributed by atoms with E-state index in [1.54, 1.807) is 6.20 Å². The van der Waals surface area contributed by atoms with E-state index in [9.17, 15) is 0 Å². The molecule has 1 aliphatic rings. The Hall–Kier alpha value is -1.34. The number of benzene rings is 1. The summed E-state index contributed by atoms with van der Waals surface area (Å²) in [5.41, 5.74) is 3.84. The van der Waals surface area contributed by atoms with Crippen LogP contribution in [-0.2, 0) is 0 Å². The van der Waals surface area contributed by atoms with Crippen LogP contribution in [0.25, 0.3) is 11.1 Å². The van der Waals surface area contributed by atoms with Gasteiger partial charge in [-0.05, 0) is 47.6 Å². The normalized spacial score (nSPS) is 16.5. The third-order valence-electron chi connectivity index (χ3n) is 4.05. The Kier molecular flexibility index (Phi) is 3.84. The SMILES string of the molecule is Clc1cc(-c2ccc(C3CCCCC3)cc2)ccn1. The predicted octanol–water partition coefficient (Wildman–Crippen LogP) is 5.45. The quantitative estimate of drug-likeness (QED) is 0.662. The maximum atomic E-state index is 5.94. The maximum absolute atomic E-state index is 5.94. The summed E-state index contributed by atoms with van der Waals surface area (Å²) in [7, 11) is 0. The Labute approximate surface area is 119 Å². The fourth-order valence-electron chi connectivity index (χ4n) is 2.97. The minimum Gasteiger partial charge on any atom is -0.245 e. The fraction of sp³-hybridized carbons (Fsp3) is 0.353. The first-order chi connectivity index (χ1) is 9.33. The lowest BCUT2D eigenvalue weighted by Gasteiger charge is -2.22. The number of nitrogens with zero attached hydrogens (tertiary/aromatic N) is 1. The van der Waals surface area contributed by atoms with Crippen LogP contribution in [0.15, 0.2) is 42.6 Å². The van der Waals surface area contributed by atoms with Crippen LogP contribution in [0.5, 0.6) is 0 Å². The van der Waals surface area contributed by atoms with Gasteiger partial charge in [0.2, 0.25) is 0 Å². The van der Waals surface area contributed by atoms with Gasteiger partial charge in [-0.25, -0.2) is 4.98 Å². The van der Waals surface area contributed by atoms with Crippen molar-refractivity contribution in [1.82, 2.24) is 4.98 Å². The number of rotatable bonds is 2. The molecule has 1 aliphatic carbocycles. The number of hydrogen-bond acceptors (Lipinski definition) is 1. The molecule has 1 nitrogen and oxygen atoms in total. The van der Waals surface area contributed by atoms with Crippen LogP contribution >= 0.6 is 11.6 Å². The number of aromatic nitrogens is 1. The van der Waals surface area contributed by atoms with Gasteiger partial charge in [-0.3, -0.25) is 0 Å². The molecule has 0 unspecified atom stereocenters. The summed E-state index contributed by atoms with van der Waals surface area (Å²) in [5, 5.41) is 0.550. The Morgan fingerprint density at radius 2 is 1.63 bits per heavy atom. The average molecular weight is 272 g/mol. The van der Waals surface area contributed by atoms with Crippen LogP contribution in [0.2, 0.25) is 5.15 Å². The van der Waals surface area contributed by atoms with E-state index in [0.717, 1.165) is 11.5 Å². The highest BCUT2D eigenvalue weighted by Crippen LogP contribution is 2.33. The molecular formula is C17H18ClN. The molecule has 0 spiro atoms. The zero-order valence-corrected chi connectivity index (χ0v) is 11.7. The van der Waals surface area contributed by atoms with Crippen molar-refractivity contribution in [3.05, 3.63) is 53.3 Å². The molecule has 1 aromatic heterocycles. The second-order valence-corrected chi connectivity index (χ2v) is 5.71. The Bertz CT molecular complexity index is 541.